The second-order valence-corrected chi connectivity index (χ2v) is 4.57. The summed E-state index contributed by atoms with van der Waals surface area (Å²) in [6.45, 7) is 3.25. The molecule has 0 aromatic heterocycles. The van der Waals surface area contributed by atoms with E-state index in [0.29, 0.717) is 13.1 Å². The van der Waals surface area contributed by atoms with Crippen LogP contribution < -0.4 is 10.6 Å². The highest BCUT2D eigenvalue weighted by molar-refractivity contribution is 6.30. The molecule has 0 saturated carbocycles. The van der Waals surface area contributed by atoms with Crippen molar-refractivity contribution in [2.24, 2.45) is 5.92 Å². The van der Waals surface area contributed by atoms with Gasteiger partial charge in [0, 0.05) is 24.0 Å². The predicted octanol–water partition coefficient (Wildman–Crippen LogP) is 1.85. The van der Waals surface area contributed by atoms with Crippen LogP contribution in [0.4, 0.5) is 0 Å². The summed E-state index contributed by atoms with van der Waals surface area (Å²) in [7, 11) is 1.84. The van der Waals surface area contributed by atoms with Gasteiger partial charge in [0.1, 0.15) is 0 Å². The molecular weight excluding hydrogens is 236 g/mol. The second-order valence-electron chi connectivity index (χ2n) is 4.13. The molecule has 1 amide bonds. The Labute approximate surface area is 108 Å². The fourth-order valence-corrected chi connectivity index (χ4v) is 1.81. The van der Waals surface area contributed by atoms with Gasteiger partial charge in [0.15, 0.2) is 0 Å². The lowest BCUT2D eigenvalue weighted by molar-refractivity contribution is -0.124. The minimum Gasteiger partial charge on any atom is -0.355 e. The number of hydrogen-bond donors (Lipinski definition) is 2. The monoisotopic (exact) mass is 254 g/mol. The maximum atomic E-state index is 11.6. The lowest BCUT2D eigenvalue weighted by Crippen LogP contribution is -2.35. The van der Waals surface area contributed by atoms with Crippen LogP contribution in [0, 0.1) is 5.92 Å². The number of rotatable bonds is 6. The average Bonchev–Trinajstić information content (AvgIpc) is 2.29. The summed E-state index contributed by atoms with van der Waals surface area (Å²) in [5.41, 5.74) is 1.14. The highest BCUT2D eigenvalue weighted by atomic mass is 35.5. The molecule has 3 nitrogen and oxygen atoms in total. The molecular formula is C13H19ClN2O. The first-order chi connectivity index (χ1) is 8.13. The van der Waals surface area contributed by atoms with E-state index in [1.807, 2.05) is 38.2 Å². The first-order valence-electron chi connectivity index (χ1n) is 5.80. The second kappa shape index (κ2) is 7.30. The van der Waals surface area contributed by atoms with Crippen molar-refractivity contribution in [2.75, 3.05) is 20.1 Å². The molecule has 0 bridgehead atoms. The fourth-order valence-electron chi connectivity index (χ4n) is 1.60. The summed E-state index contributed by atoms with van der Waals surface area (Å²) in [5, 5.41) is 6.63. The van der Waals surface area contributed by atoms with Gasteiger partial charge in [-0.1, -0.05) is 30.7 Å². The summed E-state index contributed by atoms with van der Waals surface area (Å²) in [6, 6.07) is 7.70. The molecule has 2 N–H and O–H groups in total. The van der Waals surface area contributed by atoms with E-state index >= 15 is 0 Å². The van der Waals surface area contributed by atoms with Crippen LogP contribution >= 0.6 is 11.6 Å². The first kappa shape index (κ1) is 14.0. The zero-order valence-corrected chi connectivity index (χ0v) is 11.1. The lowest BCUT2D eigenvalue weighted by atomic mass is 10.1. The molecule has 1 atom stereocenters. The minimum atomic E-state index is -0.000591. The summed E-state index contributed by atoms with van der Waals surface area (Å²) in [4.78, 5) is 11.6. The Morgan fingerprint density at radius 1 is 1.47 bits per heavy atom. The highest BCUT2D eigenvalue weighted by Crippen LogP contribution is 2.10. The zero-order chi connectivity index (χ0) is 12.7. The molecule has 0 aliphatic heterocycles. The Hall–Kier alpha value is -1.06. The molecule has 0 radical (unpaired) electrons. The molecule has 0 aliphatic carbocycles. The molecule has 0 spiro atoms. The van der Waals surface area contributed by atoms with Gasteiger partial charge in [0.25, 0.3) is 0 Å². The number of hydrogen-bond acceptors (Lipinski definition) is 2. The highest BCUT2D eigenvalue weighted by Gasteiger charge is 2.10. The quantitative estimate of drug-likeness (QED) is 0.814. The van der Waals surface area contributed by atoms with Gasteiger partial charge in [0.2, 0.25) is 5.91 Å². The van der Waals surface area contributed by atoms with Gasteiger partial charge in [-0.15, -0.1) is 0 Å². The van der Waals surface area contributed by atoms with Crippen molar-refractivity contribution in [3.63, 3.8) is 0 Å². The van der Waals surface area contributed by atoms with E-state index in [1.165, 1.54) is 0 Å². The molecule has 0 aliphatic rings. The third-order valence-electron chi connectivity index (χ3n) is 2.56. The van der Waals surface area contributed by atoms with Gasteiger partial charge in [-0.3, -0.25) is 4.79 Å². The van der Waals surface area contributed by atoms with E-state index in [0.717, 1.165) is 17.0 Å². The standard InChI is InChI=1S/C13H19ClN2O/c1-10(9-15-2)13(17)16-7-6-11-4-3-5-12(14)8-11/h3-5,8,10,15H,6-7,9H2,1-2H3,(H,16,17). The first-order valence-corrected chi connectivity index (χ1v) is 6.18. The molecule has 0 fully saturated rings. The number of amides is 1. The van der Waals surface area contributed by atoms with Crippen LogP contribution in [0.15, 0.2) is 24.3 Å². The zero-order valence-electron chi connectivity index (χ0n) is 10.3. The van der Waals surface area contributed by atoms with Crippen LogP contribution in [0.1, 0.15) is 12.5 Å². The van der Waals surface area contributed by atoms with Crippen molar-refractivity contribution < 1.29 is 4.79 Å². The SMILES string of the molecule is CNCC(C)C(=O)NCCc1cccc(Cl)c1. The van der Waals surface area contributed by atoms with Crippen molar-refractivity contribution in [1.82, 2.24) is 10.6 Å². The summed E-state index contributed by atoms with van der Waals surface area (Å²) in [6.07, 6.45) is 0.804. The van der Waals surface area contributed by atoms with E-state index in [9.17, 15) is 4.79 Å². The normalized spacial score (nSPS) is 12.2. The van der Waals surface area contributed by atoms with Gasteiger partial charge in [0.05, 0.1) is 0 Å². The van der Waals surface area contributed by atoms with Crippen LogP contribution in [0.25, 0.3) is 0 Å². The van der Waals surface area contributed by atoms with Gasteiger partial charge in [-0.2, -0.15) is 0 Å². The largest absolute Gasteiger partial charge is 0.355 e. The van der Waals surface area contributed by atoms with E-state index in [2.05, 4.69) is 10.6 Å². The lowest BCUT2D eigenvalue weighted by Gasteiger charge is -2.11. The predicted molar refractivity (Wildman–Crippen MR) is 71.3 cm³/mol. The van der Waals surface area contributed by atoms with Gasteiger partial charge < -0.3 is 10.6 Å². The molecule has 0 saturated heterocycles. The molecule has 1 aromatic rings. The molecule has 0 heterocycles. The molecule has 1 rings (SSSR count). The van der Waals surface area contributed by atoms with Gasteiger partial charge >= 0.3 is 0 Å². The van der Waals surface area contributed by atoms with Crippen molar-refractivity contribution in [1.29, 1.82) is 0 Å². The van der Waals surface area contributed by atoms with Crippen LogP contribution in [-0.2, 0) is 11.2 Å². The Kier molecular flexibility index (Phi) is 6.01. The number of benzene rings is 1. The average molecular weight is 255 g/mol. The Morgan fingerprint density at radius 2 is 2.24 bits per heavy atom. The van der Waals surface area contributed by atoms with Crippen molar-refractivity contribution in [3.05, 3.63) is 34.9 Å². The van der Waals surface area contributed by atoms with Crippen LogP contribution in [0.2, 0.25) is 5.02 Å². The molecule has 4 heteroatoms. The fraction of sp³-hybridized carbons (Fsp3) is 0.462. The van der Waals surface area contributed by atoms with E-state index < -0.39 is 0 Å². The summed E-state index contributed by atoms with van der Waals surface area (Å²) >= 11 is 5.88. The van der Waals surface area contributed by atoms with E-state index in [-0.39, 0.29) is 11.8 Å². The van der Waals surface area contributed by atoms with Crippen LogP contribution in [0.5, 0.6) is 0 Å². The van der Waals surface area contributed by atoms with Crippen molar-refractivity contribution in [3.8, 4) is 0 Å². The third-order valence-corrected chi connectivity index (χ3v) is 2.79. The molecule has 1 unspecified atom stereocenters. The van der Waals surface area contributed by atoms with E-state index in [1.54, 1.807) is 0 Å². The van der Waals surface area contributed by atoms with Crippen LogP contribution in [-0.4, -0.2) is 26.0 Å². The number of carbonyl (C=O) groups is 1. The Bertz CT molecular complexity index is 368. The summed E-state index contributed by atoms with van der Waals surface area (Å²) in [5.74, 6) is 0.0840. The van der Waals surface area contributed by atoms with Crippen molar-refractivity contribution in [2.45, 2.75) is 13.3 Å². The topological polar surface area (TPSA) is 41.1 Å². The number of halogens is 1. The van der Waals surface area contributed by atoms with Crippen LogP contribution in [0.3, 0.4) is 0 Å². The maximum Gasteiger partial charge on any atom is 0.224 e. The Morgan fingerprint density at radius 3 is 2.88 bits per heavy atom. The molecule has 17 heavy (non-hydrogen) atoms. The Balaban J connectivity index is 2.30. The molecule has 1 aromatic carbocycles. The smallest absolute Gasteiger partial charge is 0.224 e. The third kappa shape index (κ3) is 5.20. The number of nitrogens with one attached hydrogen (secondary N) is 2. The van der Waals surface area contributed by atoms with Gasteiger partial charge in [-0.25, -0.2) is 0 Å². The number of carbonyl (C=O) groups excluding carboxylic acids is 1. The van der Waals surface area contributed by atoms with Gasteiger partial charge in [-0.05, 0) is 31.2 Å². The molecule has 94 valence electrons. The minimum absolute atomic E-state index is 0.000591. The maximum absolute atomic E-state index is 11.6. The van der Waals surface area contributed by atoms with Crippen molar-refractivity contribution >= 4 is 17.5 Å². The van der Waals surface area contributed by atoms with E-state index in [4.69, 9.17) is 11.6 Å². The summed E-state index contributed by atoms with van der Waals surface area (Å²) < 4.78 is 0.